The Labute approximate surface area is 115 Å². The van der Waals surface area contributed by atoms with E-state index in [1.807, 2.05) is 48.5 Å². The summed E-state index contributed by atoms with van der Waals surface area (Å²) in [5.41, 5.74) is 0.179. The summed E-state index contributed by atoms with van der Waals surface area (Å²) in [4.78, 5) is 0. The molecular formula is C17H10FNO. The summed E-state index contributed by atoms with van der Waals surface area (Å²) in [5.74, 6) is 0.545. The Hall–Kier alpha value is -2.86. The summed E-state index contributed by atoms with van der Waals surface area (Å²) in [7, 11) is 0. The largest absolute Gasteiger partial charge is 0.455 e. The molecule has 3 aromatic rings. The molecule has 96 valence electrons. The molecule has 0 atom stereocenters. The van der Waals surface area contributed by atoms with Gasteiger partial charge in [-0.05, 0) is 29.7 Å². The highest BCUT2D eigenvalue weighted by atomic mass is 19.1. The standard InChI is InChI=1S/C17H10FNO/c18-14-8-9-16(13(10-14)11-19)20-17-7-3-5-12-4-1-2-6-15(12)17/h1-10H. The van der Waals surface area contributed by atoms with Crippen LogP contribution in [0.5, 0.6) is 11.5 Å². The van der Waals surface area contributed by atoms with Crippen molar-refractivity contribution in [3.63, 3.8) is 0 Å². The minimum Gasteiger partial charge on any atom is -0.455 e. The van der Waals surface area contributed by atoms with Gasteiger partial charge in [-0.2, -0.15) is 5.26 Å². The molecule has 0 aromatic heterocycles. The van der Waals surface area contributed by atoms with Gasteiger partial charge in [-0.1, -0.05) is 36.4 Å². The predicted octanol–water partition coefficient (Wildman–Crippen LogP) is 4.64. The van der Waals surface area contributed by atoms with Crippen molar-refractivity contribution < 1.29 is 9.13 Å². The van der Waals surface area contributed by atoms with Gasteiger partial charge in [-0.3, -0.25) is 0 Å². The Bertz CT molecular complexity index is 815. The monoisotopic (exact) mass is 263 g/mol. The van der Waals surface area contributed by atoms with E-state index in [9.17, 15) is 4.39 Å². The molecule has 0 saturated carbocycles. The molecule has 3 aromatic carbocycles. The van der Waals surface area contributed by atoms with Gasteiger partial charge in [0.05, 0.1) is 5.56 Å². The maximum absolute atomic E-state index is 13.1. The summed E-state index contributed by atoms with van der Waals surface area (Å²) in [6.07, 6.45) is 0. The summed E-state index contributed by atoms with van der Waals surface area (Å²) >= 11 is 0. The highest BCUT2D eigenvalue weighted by molar-refractivity contribution is 5.88. The van der Waals surface area contributed by atoms with Crippen molar-refractivity contribution in [3.05, 3.63) is 72.0 Å². The molecule has 0 aliphatic carbocycles. The van der Waals surface area contributed by atoms with Crippen LogP contribution in [-0.2, 0) is 0 Å². The first-order valence-corrected chi connectivity index (χ1v) is 6.13. The molecule has 0 heterocycles. The van der Waals surface area contributed by atoms with E-state index in [1.165, 1.54) is 18.2 Å². The lowest BCUT2D eigenvalue weighted by Gasteiger charge is -2.10. The maximum Gasteiger partial charge on any atom is 0.145 e. The van der Waals surface area contributed by atoms with Gasteiger partial charge in [0, 0.05) is 5.39 Å². The lowest BCUT2D eigenvalue weighted by Crippen LogP contribution is -1.90. The minimum absolute atomic E-state index is 0.179. The Balaban J connectivity index is 2.08. The van der Waals surface area contributed by atoms with Gasteiger partial charge in [0.15, 0.2) is 0 Å². The molecule has 0 amide bonds. The number of benzene rings is 3. The van der Waals surface area contributed by atoms with E-state index >= 15 is 0 Å². The average molecular weight is 263 g/mol. The third kappa shape index (κ3) is 2.19. The molecule has 0 unspecified atom stereocenters. The number of hydrogen-bond acceptors (Lipinski definition) is 2. The van der Waals surface area contributed by atoms with Gasteiger partial charge < -0.3 is 4.74 Å². The summed E-state index contributed by atoms with van der Waals surface area (Å²) < 4.78 is 18.9. The van der Waals surface area contributed by atoms with Crippen LogP contribution in [0.25, 0.3) is 10.8 Å². The van der Waals surface area contributed by atoms with E-state index in [0.29, 0.717) is 11.5 Å². The number of rotatable bonds is 2. The summed E-state index contributed by atoms with van der Waals surface area (Å²) in [5, 5.41) is 11.0. The second kappa shape index (κ2) is 5.02. The lowest BCUT2D eigenvalue weighted by atomic mass is 10.1. The molecule has 0 N–H and O–H groups in total. The van der Waals surface area contributed by atoms with E-state index in [4.69, 9.17) is 10.00 Å². The molecule has 20 heavy (non-hydrogen) atoms. The fourth-order valence-electron chi connectivity index (χ4n) is 2.08. The topological polar surface area (TPSA) is 33.0 Å². The first-order chi connectivity index (χ1) is 9.78. The van der Waals surface area contributed by atoms with Crippen LogP contribution < -0.4 is 4.74 Å². The number of nitriles is 1. The fraction of sp³-hybridized carbons (Fsp3) is 0. The Morgan fingerprint density at radius 3 is 2.55 bits per heavy atom. The first-order valence-electron chi connectivity index (χ1n) is 6.13. The Morgan fingerprint density at radius 1 is 0.900 bits per heavy atom. The second-order valence-corrected chi connectivity index (χ2v) is 4.33. The van der Waals surface area contributed by atoms with E-state index in [-0.39, 0.29) is 5.56 Å². The van der Waals surface area contributed by atoms with E-state index in [1.54, 1.807) is 0 Å². The molecule has 3 rings (SSSR count). The third-order valence-electron chi connectivity index (χ3n) is 3.03. The molecule has 0 aliphatic heterocycles. The van der Waals surface area contributed by atoms with Crippen LogP contribution in [-0.4, -0.2) is 0 Å². The maximum atomic E-state index is 13.1. The zero-order valence-electron chi connectivity index (χ0n) is 10.5. The van der Waals surface area contributed by atoms with Crippen molar-refractivity contribution in [2.75, 3.05) is 0 Å². The summed E-state index contributed by atoms with van der Waals surface area (Å²) in [6.45, 7) is 0. The molecule has 2 nitrogen and oxygen atoms in total. The molecule has 3 heteroatoms. The van der Waals surface area contributed by atoms with Crippen LogP contribution in [0.15, 0.2) is 60.7 Å². The molecule has 0 spiro atoms. The van der Waals surface area contributed by atoms with Crippen LogP contribution in [0.3, 0.4) is 0 Å². The number of hydrogen-bond donors (Lipinski definition) is 0. The van der Waals surface area contributed by atoms with Crippen molar-refractivity contribution in [2.45, 2.75) is 0 Å². The van der Waals surface area contributed by atoms with Crippen molar-refractivity contribution >= 4 is 10.8 Å². The Morgan fingerprint density at radius 2 is 1.70 bits per heavy atom. The minimum atomic E-state index is -0.452. The zero-order valence-corrected chi connectivity index (χ0v) is 10.5. The van der Waals surface area contributed by atoms with Crippen LogP contribution >= 0.6 is 0 Å². The molecule has 0 fully saturated rings. The highest BCUT2D eigenvalue weighted by Gasteiger charge is 2.08. The molecule has 0 aliphatic rings. The average Bonchev–Trinajstić information content (AvgIpc) is 2.49. The fourth-order valence-corrected chi connectivity index (χ4v) is 2.08. The van der Waals surface area contributed by atoms with Crippen molar-refractivity contribution in [1.82, 2.24) is 0 Å². The SMILES string of the molecule is N#Cc1cc(F)ccc1Oc1cccc2ccccc12. The van der Waals surface area contributed by atoms with Crippen LogP contribution in [0.1, 0.15) is 5.56 Å². The summed E-state index contributed by atoms with van der Waals surface area (Å²) in [6, 6.07) is 19.3. The van der Waals surface area contributed by atoms with Crippen LogP contribution in [0.4, 0.5) is 4.39 Å². The predicted molar refractivity (Wildman–Crippen MR) is 75.1 cm³/mol. The zero-order chi connectivity index (χ0) is 13.9. The first kappa shape index (κ1) is 12.2. The quantitative estimate of drug-likeness (QED) is 0.674. The van der Waals surface area contributed by atoms with Gasteiger partial charge in [-0.25, -0.2) is 4.39 Å². The van der Waals surface area contributed by atoms with E-state index in [0.717, 1.165) is 10.8 Å². The highest BCUT2D eigenvalue weighted by Crippen LogP contribution is 2.31. The number of fused-ring (bicyclic) bond motifs is 1. The Kier molecular flexibility index (Phi) is 3.06. The van der Waals surface area contributed by atoms with Crippen molar-refractivity contribution in [2.24, 2.45) is 0 Å². The molecule has 0 radical (unpaired) electrons. The molecule has 0 bridgehead atoms. The van der Waals surface area contributed by atoms with Gasteiger partial charge in [-0.15, -0.1) is 0 Å². The van der Waals surface area contributed by atoms with E-state index in [2.05, 4.69) is 0 Å². The smallest absolute Gasteiger partial charge is 0.145 e. The van der Waals surface area contributed by atoms with Gasteiger partial charge >= 0.3 is 0 Å². The van der Waals surface area contributed by atoms with Crippen LogP contribution in [0, 0.1) is 17.1 Å². The third-order valence-corrected chi connectivity index (χ3v) is 3.03. The normalized spacial score (nSPS) is 10.2. The van der Waals surface area contributed by atoms with Crippen molar-refractivity contribution in [1.29, 1.82) is 5.26 Å². The lowest BCUT2D eigenvalue weighted by molar-refractivity contribution is 0.484. The van der Waals surface area contributed by atoms with E-state index < -0.39 is 5.82 Å². The van der Waals surface area contributed by atoms with Gasteiger partial charge in [0.1, 0.15) is 23.4 Å². The number of halogens is 1. The number of nitrogens with zero attached hydrogens (tertiary/aromatic N) is 1. The van der Waals surface area contributed by atoms with Crippen LogP contribution in [0.2, 0.25) is 0 Å². The van der Waals surface area contributed by atoms with Gasteiger partial charge in [0.25, 0.3) is 0 Å². The van der Waals surface area contributed by atoms with Crippen molar-refractivity contribution in [3.8, 4) is 17.6 Å². The number of ether oxygens (including phenoxy) is 1. The molecular weight excluding hydrogens is 253 g/mol. The van der Waals surface area contributed by atoms with Gasteiger partial charge in [0.2, 0.25) is 0 Å². The molecule has 0 saturated heterocycles. The second-order valence-electron chi connectivity index (χ2n) is 4.33.